The van der Waals surface area contributed by atoms with Crippen molar-refractivity contribution in [1.29, 1.82) is 0 Å². The van der Waals surface area contributed by atoms with Crippen LogP contribution in [-0.4, -0.2) is 0 Å². The van der Waals surface area contributed by atoms with Crippen molar-refractivity contribution in [1.82, 2.24) is 0 Å². The third-order valence-electron chi connectivity index (χ3n) is 8.33. The maximum atomic E-state index is 6.27. The van der Waals surface area contributed by atoms with Crippen LogP contribution in [0.2, 0.25) is 0 Å². The molecule has 0 bridgehead atoms. The second-order valence-electron chi connectivity index (χ2n) is 10.3. The van der Waals surface area contributed by atoms with Crippen LogP contribution < -0.4 is 4.74 Å². The van der Waals surface area contributed by atoms with Crippen LogP contribution in [0.4, 0.5) is 0 Å². The SMILES string of the molecule is CC1(c2ccccc2)c2ccccc2-c2ccc(-c3cc4c5c(cccc5c3)Oc3ccccc3-4)cc21. The highest BCUT2D eigenvalue weighted by molar-refractivity contribution is 6.06. The topological polar surface area (TPSA) is 9.23 Å². The molecule has 0 aromatic heterocycles. The van der Waals surface area contributed by atoms with E-state index in [9.17, 15) is 0 Å². The van der Waals surface area contributed by atoms with Crippen LogP contribution in [0.15, 0.2) is 127 Å². The summed E-state index contributed by atoms with van der Waals surface area (Å²) in [6, 6.07) is 46.2. The quantitative estimate of drug-likeness (QED) is 0.243. The molecule has 0 saturated carbocycles. The number of fused-ring (bicyclic) bond motifs is 5. The Morgan fingerprint density at radius 3 is 2.11 bits per heavy atom. The molecular formula is C36H24O. The third kappa shape index (κ3) is 2.80. The van der Waals surface area contributed by atoms with Gasteiger partial charge in [0.05, 0.1) is 0 Å². The van der Waals surface area contributed by atoms with Crippen molar-refractivity contribution >= 4 is 10.8 Å². The van der Waals surface area contributed by atoms with Gasteiger partial charge in [0, 0.05) is 16.4 Å². The van der Waals surface area contributed by atoms with E-state index in [-0.39, 0.29) is 5.41 Å². The standard InChI is InChI=1S/C36H24O/c1-36(26-11-3-2-4-12-26)31-15-7-5-13-27(31)28-19-18-23(22-32(28)36)25-20-24-10-9-17-34-35(24)30(21-25)29-14-6-8-16-33(29)37-34/h2-22H,1H3. The summed E-state index contributed by atoms with van der Waals surface area (Å²) in [5.41, 5.74) is 11.4. The first-order chi connectivity index (χ1) is 18.2. The Morgan fingerprint density at radius 2 is 1.22 bits per heavy atom. The van der Waals surface area contributed by atoms with Gasteiger partial charge in [0.15, 0.2) is 0 Å². The normalized spacial score (nSPS) is 16.6. The Balaban J connectivity index is 1.38. The molecule has 0 spiro atoms. The fourth-order valence-electron chi connectivity index (χ4n) is 6.51. The summed E-state index contributed by atoms with van der Waals surface area (Å²) in [6.45, 7) is 2.38. The smallest absolute Gasteiger partial charge is 0.135 e. The lowest BCUT2D eigenvalue weighted by Gasteiger charge is -2.28. The van der Waals surface area contributed by atoms with Crippen molar-refractivity contribution in [2.45, 2.75) is 12.3 Å². The summed E-state index contributed by atoms with van der Waals surface area (Å²) in [6.07, 6.45) is 0. The first-order valence-electron chi connectivity index (χ1n) is 12.9. The van der Waals surface area contributed by atoms with Gasteiger partial charge in [-0.15, -0.1) is 0 Å². The van der Waals surface area contributed by atoms with E-state index in [1.54, 1.807) is 0 Å². The van der Waals surface area contributed by atoms with Gasteiger partial charge in [-0.1, -0.05) is 97.1 Å². The van der Waals surface area contributed by atoms with E-state index < -0.39 is 0 Å². The average molecular weight is 473 g/mol. The number of hydrogen-bond acceptors (Lipinski definition) is 1. The first kappa shape index (κ1) is 20.6. The predicted molar refractivity (Wildman–Crippen MR) is 152 cm³/mol. The van der Waals surface area contributed by atoms with E-state index in [2.05, 4.69) is 128 Å². The lowest BCUT2D eigenvalue weighted by molar-refractivity contribution is 0.487. The van der Waals surface area contributed by atoms with Gasteiger partial charge in [-0.3, -0.25) is 0 Å². The molecule has 37 heavy (non-hydrogen) atoms. The Kier molecular flexibility index (Phi) is 4.14. The molecule has 6 aromatic carbocycles. The van der Waals surface area contributed by atoms with E-state index in [1.807, 2.05) is 6.07 Å². The Labute approximate surface area is 216 Å². The molecular weight excluding hydrogens is 448 g/mol. The second kappa shape index (κ2) is 7.44. The zero-order valence-electron chi connectivity index (χ0n) is 20.5. The van der Waals surface area contributed by atoms with Gasteiger partial charge >= 0.3 is 0 Å². The maximum Gasteiger partial charge on any atom is 0.135 e. The molecule has 0 fully saturated rings. The van der Waals surface area contributed by atoms with Crippen molar-refractivity contribution in [3.63, 3.8) is 0 Å². The molecule has 174 valence electrons. The van der Waals surface area contributed by atoms with Gasteiger partial charge in [0.2, 0.25) is 0 Å². The van der Waals surface area contributed by atoms with E-state index in [4.69, 9.17) is 4.74 Å². The lowest BCUT2D eigenvalue weighted by Crippen LogP contribution is -2.22. The molecule has 8 rings (SSSR count). The van der Waals surface area contributed by atoms with Crippen LogP contribution in [-0.2, 0) is 5.41 Å². The summed E-state index contributed by atoms with van der Waals surface area (Å²) in [7, 11) is 0. The van der Waals surface area contributed by atoms with Crippen LogP contribution in [0.1, 0.15) is 23.6 Å². The van der Waals surface area contributed by atoms with Gasteiger partial charge in [-0.2, -0.15) is 0 Å². The number of hydrogen-bond donors (Lipinski definition) is 0. The molecule has 0 saturated heterocycles. The van der Waals surface area contributed by atoms with Crippen LogP contribution in [0, 0.1) is 0 Å². The van der Waals surface area contributed by atoms with Gasteiger partial charge < -0.3 is 4.74 Å². The van der Waals surface area contributed by atoms with Gasteiger partial charge in [-0.05, 0) is 87.1 Å². The maximum absolute atomic E-state index is 6.27. The highest BCUT2D eigenvalue weighted by Crippen LogP contribution is 2.54. The zero-order chi connectivity index (χ0) is 24.6. The number of rotatable bonds is 2. The third-order valence-corrected chi connectivity index (χ3v) is 8.33. The summed E-state index contributed by atoms with van der Waals surface area (Å²) in [5.74, 6) is 1.85. The van der Waals surface area contributed by atoms with Crippen LogP contribution in [0.3, 0.4) is 0 Å². The van der Waals surface area contributed by atoms with E-state index in [0.29, 0.717) is 0 Å². The summed E-state index contributed by atoms with van der Waals surface area (Å²) in [4.78, 5) is 0. The number of benzene rings is 6. The van der Waals surface area contributed by atoms with Gasteiger partial charge in [0.25, 0.3) is 0 Å². The molecule has 1 unspecified atom stereocenters. The molecule has 0 radical (unpaired) electrons. The Morgan fingerprint density at radius 1 is 0.486 bits per heavy atom. The Hall–Kier alpha value is -4.62. The monoisotopic (exact) mass is 472 g/mol. The van der Waals surface area contributed by atoms with E-state index in [0.717, 1.165) is 17.1 Å². The number of ether oxygens (including phenoxy) is 1. The van der Waals surface area contributed by atoms with Crippen LogP contribution in [0.5, 0.6) is 11.5 Å². The molecule has 1 atom stereocenters. The Bertz CT molecular complexity index is 1860. The summed E-state index contributed by atoms with van der Waals surface area (Å²) < 4.78 is 6.27. The van der Waals surface area contributed by atoms with Crippen molar-refractivity contribution in [3.05, 3.63) is 144 Å². The minimum absolute atomic E-state index is 0.206. The van der Waals surface area contributed by atoms with Crippen molar-refractivity contribution in [3.8, 4) is 44.9 Å². The van der Waals surface area contributed by atoms with E-state index >= 15 is 0 Å². The lowest BCUT2D eigenvalue weighted by atomic mass is 9.74. The fraction of sp³-hybridized carbons (Fsp3) is 0.0556. The van der Waals surface area contributed by atoms with Crippen molar-refractivity contribution < 1.29 is 4.74 Å². The minimum Gasteiger partial charge on any atom is -0.456 e. The fourth-order valence-corrected chi connectivity index (χ4v) is 6.51. The molecule has 6 aromatic rings. The molecule has 1 heteroatoms. The molecule has 2 aliphatic rings. The highest BCUT2D eigenvalue weighted by atomic mass is 16.5. The van der Waals surface area contributed by atoms with Gasteiger partial charge in [-0.25, -0.2) is 0 Å². The molecule has 0 amide bonds. The highest BCUT2D eigenvalue weighted by Gasteiger charge is 2.40. The predicted octanol–water partition coefficient (Wildman–Crippen LogP) is 9.61. The zero-order valence-corrected chi connectivity index (χ0v) is 20.5. The number of para-hydroxylation sites is 1. The minimum atomic E-state index is -0.206. The van der Waals surface area contributed by atoms with Crippen molar-refractivity contribution in [2.75, 3.05) is 0 Å². The summed E-state index contributed by atoms with van der Waals surface area (Å²) >= 11 is 0. The van der Waals surface area contributed by atoms with Crippen LogP contribution in [0.25, 0.3) is 44.2 Å². The first-order valence-corrected chi connectivity index (χ1v) is 12.9. The second-order valence-corrected chi connectivity index (χ2v) is 10.3. The molecule has 1 aliphatic heterocycles. The molecule has 1 heterocycles. The van der Waals surface area contributed by atoms with E-state index in [1.165, 1.54) is 55.3 Å². The van der Waals surface area contributed by atoms with Gasteiger partial charge in [0.1, 0.15) is 11.5 Å². The average Bonchev–Trinajstić information content (AvgIpc) is 3.22. The van der Waals surface area contributed by atoms with Crippen molar-refractivity contribution in [2.24, 2.45) is 0 Å². The largest absolute Gasteiger partial charge is 0.456 e. The molecule has 0 N–H and O–H groups in total. The molecule has 1 aliphatic carbocycles. The summed E-state index contributed by atoms with van der Waals surface area (Å²) in [5, 5.41) is 2.39. The molecule has 1 nitrogen and oxygen atoms in total. The van der Waals surface area contributed by atoms with Crippen LogP contribution >= 0.6 is 0 Å².